The van der Waals surface area contributed by atoms with Crippen molar-refractivity contribution >= 4 is 57.7 Å². The van der Waals surface area contributed by atoms with Crippen LogP contribution in [-0.2, 0) is 16.0 Å². The quantitative estimate of drug-likeness (QED) is 0.338. The van der Waals surface area contributed by atoms with E-state index in [9.17, 15) is 9.59 Å². The molecule has 2 fully saturated rings. The van der Waals surface area contributed by atoms with Gasteiger partial charge in [0, 0.05) is 18.5 Å². The molecule has 1 saturated carbocycles. The number of anilines is 2. The molecule has 170 valence electrons. The van der Waals surface area contributed by atoms with Crippen LogP contribution >= 0.6 is 23.8 Å². The number of ketones is 1. The highest BCUT2D eigenvalue weighted by Crippen LogP contribution is 2.48. The Morgan fingerprint density at radius 1 is 1.24 bits per heavy atom. The van der Waals surface area contributed by atoms with Crippen LogP contribution in [0.5, 0.6) is 0 Å². The fraction of sp³-hybridized carbons (Fsp3) is 0.360. The number of carbonyl (C=O) groups excluding carboxylic acids is 2. The van der Waals surface area contributed by atoms with Gasteiger partial charge in [0.05, 0.1) is 17.3 Å². The summed E-state index contributed by atoms with van der Waals surface area (Å²) in [5.41, 5.74) is 0.999. The lowest BCUT2D eigenvalue weighted by Crippen LogP contribution is -2.55. The number of aryl methyl sites for hydroxylation is 1. The summed E-state index contributed by atoms with van der Waals surface area (Å²) in [6, 6.07) is 10.6. The zero-order valence-electron chi connectivity index (χ0n) is 18.2. The molecule has 0 atom stereocenters. The maximum absolute atomic E-state index is 15.0. The van der Waals surface area contributed by atoms with Crippen LogP contribution in [0.25, 0.3) is 4.85 Å². The maximum atomic E-state index is 15.0. The maximum Gasteiger partial charge on any atom is 0.259 e. The van der Waals surface area contributed by atoms with Gasteiger partial charge in [0.15, 0.2) is 10.9 Å². The van der Waals surface area contributed by atoms with Gasteiger partial charge in [-0.1, -0.05) is 36.7 Å². The molecule has 1 spiro atoms. The SMILES string of the molecule is [C-]#[N+]c1ccc(N2C(=O)C3(CCC3)N(c3ccc(CCCC(=O)CC)cc3)C2=S)c(F)c1Cl. The molecule has 33 heavy (non-hydrogen) atoms. The number of nitrogens with zero attached hydrogens (tertiary/aromatic N) is 3. The van der Waals surface area contributed by atoms with E-state index in [2.05, 4.69) is 4.85 Å². The first kappa shape index (κ1) is 23.3. The van der Waals surface area contributed by atoms with E-state index in [1.54, 1.807) is 0 Å². The molecule has 0 unspecified atom stereocenters. The van der Waals surface area contributed by atoms with Crippen LogP contribution in [0.4, 0.5) is 21.5 Å². The van der Waals surface area contributed by atoms with Gasteiger partial charge in [-0.25, -0.2) is 9.24 Å². The third-order valence-corrected chi connectivity index (χ3v) is 7.23. The molecule has 8 heteroatoms. The summed E-state index contributed by atoms with van der Waals surface area (Å²) in [5, 5.41) is -0.114. The van der Waals surface area contributed by atoms with Crippen molar-refractivity contribution in [2.75, 3.05) is 9.80 Å². The lowest BCUT2D eigenvalue weighted by Gasteiger charge is -2.43. The Kier molecular flexibility index (Phi) is 6.51. The van der Waals surface area contributed by atoms with Gasteiger partial charge in [0.25, 0.3) is 5.91 Å². The number of amides is 1. The summed E-state index contributed by atoms with van der Waals surface area (Å²) < 4.78 is 15.0. The predicted octanol–water partition coefficient (Wildman–Crippen LogP) is 6.39. The van der Waals surface area contributed by atoms with E-state index in [0.29, 0.717) is 25.7 Å². The Balaban J connectivity index is 1.63. The van der Waals surface area contributed by atoms with Crippen molar-refractivity contribution in [1.29, 1.82) is 0 Å². The van der Waals surface area contributed by atoms with Gasteiger partial charge in [0.1, 0.15) is 11.3 Å². The van der Waals surface area contributed by atoms with E-state index in [4.69, 9.17) is 30.4 Å². The summed E-state index contributed by atoms with van der Waals surface area (Å²) in [4.78, 5) is 31.3. The van der Waals surface area contributed by atoms with Crippen LogP contribution < -0.4 is 9.80 Å². The third kappa shape index (κ3) is 3.92. The van der Waals surface area contributed by atoms with Gasteiger partial charge < -0.3 is 4.90 Å². The summed E-state index contributed by atoms with van der Waals surface area (Å²) in [6.45, 7) is 8.99. The van der Waals surface area contributed by atoms with E-state index < -0.39 is 11.4 Å². The van der Waals surface area contributed by atoms with Gasteiger partial charge >= 0.3 is 0 Å². The fourth-order valence-electron chi connectivity index (χ4n) is 4.46. The number of hydrogen-bond donors (Lipinski definition) is 0. The standard InChI is InChI=1S/C25H23ClFN3O2S/c1-3-18(31)7-4-6-16-8-10-17(11-9-16)30-24(33)29(23(32)25(30)14-5-15-25)20-13-12-19(28-2)21(26)22(20)27/h8-13H,3-7,14-15H2,1H3. The van der Waals surface area contributed by atoms with Crippen molar-refractivity contribution < 1.29 is 14.0 Å². The number of halogens is 2. The van der Waals surface area contributed by atoms with Gasteiger partial charge in [0.2, 0.25) is 5.69 Å². The second-order valence-electron chi connectivity index (χ2n) is 8.40. The normalized spacial score (nSPS) is 16.8. The minimum atomic E-state index is -0.830. The summed E-state index contributed by atoms with van der Waals surface area (Å²) in [7, 11) is 0. The van der Waals surface area contributed by atoms with Crippen LogP contribution in [-0.4, -0.2) is 22.3 Å². The summed E-state index contributed by atoms with van der Waals surface area (Å²) in [6.07, 6.45) is 4.85. The minimum absolute atomic E-state index is 0.0121. The topological polar surface area (TPSA) is 45.0 Å². The molecule has 2 aromatic rings. The van der Waals surface area contributed by atoms with Crippen LogP contribution in [0.15, 0.2) is 36.4 Å². The Morgan fingerprint density at radius 3 is 2.52 bits per heavy atom. The molecule has 1 saturated heterocycles. The molecule has 1 aliphatic carbocycles. The second kappa shape index (κ2) is 9.20. The van der Waals surface area contributed by atoms with Crippen LogP contribution in [0, 0.1) is 12.4 Å². The molecular formula is C25H23ClFN3O2S. The van der Waals surface area contributed by atoms with E-state index in [0.717, 1.165) is 30.5 Å². The first-order valence-electron chi connectivity index (χ1n) is 11.0. The van der Waals surface area contributed by atoms with E-state index >= 15 is 4.39 Å². The lowest BCUT2D eigenvalue weighted by atomic mass is 9.75. The molecule has 0 bridgehead atoms. The molecule has 1 amide bonds. The molecule has 0 aromatic heterocycles. The molecular weight excluding hydrogens is 461 g/mol. The number of hydrogen-bond acceptors (Lipinski definition) is 3. The van der Waals surface area contributed by atoms with E-state index in [1.807, 2.05) is 36.1 Å². The van der Waals surface area contributed by atoms with Gasteiger partial charge in [-0.15, -0.1) is 0 Å². The Labute approximate surface area is 202 Å². The zero-order chi connectivity index (χ0) is 23.8. The molecule has 4 rings (SSSR count). The highest BCUT2D eigenvalue weighted by molar-refractivity contribution is 7.81. The molecule has 0 N–H and O–H groups in total. The largest absolute Gasteiger partial charge is 0.303 e. The van der Waals surface area contributed by atoms with E-state index in [1.165, 1.54) is 17.0 Å². The highest BCUT2D eigenvalue weighted by Gasteiger charge is 2.59. The van der Waals surface area contributed by atoms with Crippen molar-refractivity contribution in [3.63, 3.8) is 0 Å². The van der Waals surface area contributed by atoms with Crippen LogP contribution in [0.2, 0.25) is 5.02 Å². The van der Waals surface area contributed by atoms with E-state index in [-0.39, 0.29) is 33.2 Å². The second-order valence-corrected chi connectivity index (χ2v) is 9.14. The molecule has 1 aliphatic heterocycles. The van der Waals surface area contributed by atoms with Crippen molar-refractivity contribution in [3.8, 4) is 0 Å². The molecule has 1 heterocycles. The van der Waals surface area contributed by atoms with Gasteiger partial charge in [-0.05, 0) is 68.1 Å². The van der Waals surface area contributed by atoms with Crippen molar-refractivity contribution in [2.45, 2.75) is 57.4 Å². The van der Waals surface area contributed by atoms with Gasteiger partial charge in [-0.3, -0.25) is 14.5 Å². The number of benzene rings is 2. The number of Topliss-reactive ketones (excluding diaryl/α,β-unsaturated/α-hetero) is 1. The minimum Gasteiger partial charge on any atom is -0.303 e. The molecule has 5 nitrogen and oxygen atoms in total. The van der Waals surface area contributed by atoms with Crippen LogP contribution in [0.1, 0.15) is 51.0 Å². The third-order valence-electron chi connectivity index (χ3n) is 6.51. The van der Waals surface area contributed by atoms with Crippen molar-refractivity contribution in [1.82, 2.24) is 0 Å². The van der Waals surface area contributed by atoms with Crippen LogP contribution in [0.3, 0.4) is 0 Å². The molecule has 2 aromatic carbocycles. The Morgan fingerprint density at radius 2 is 1.94 bits per heavy atom. The predicted molar refractivity (Wildman–Crippen MR) is 131 cm³/mol. The highest BCUT2D eigenvalue weighted by atomic mass is 35.5. The monoisotopic (exact) mass is 483 g/mol. The Hall–Kier alpha value is -2.82. The van der Waals surface area contributed by atoms with Crippen molar-refractivity contribution in [3.05, 3.63) is 64.2 Å². The number of thiocarbonyl (C=S) groups is 1. The fourth-order valence-corrected chi connectivity index (χ4v) is 5.12. The first-order valence-corrected chi connectivity index (χ1v) is 11.8. The first-order chi connectivity index (χ1) is 15.8. The summed E-state index contributed by atoms with van der Waals surface area (Å²) >= 11 is 11.7. The van der Waals surface area contributed by atoms with Gasteiger partial charge in [-0.2, -0.15) is 0 Å². The number of carbonyl (C=O) groups is 2. The summed E-state index contributed by atoms with van der Waals surface area (Å²) in [5.74, 6) is -0.836. The number of rotatable bonds is 7. The average Bonchev–Trinajstić information content (AvgIpc) is 3.03. The Bertz CT molecular complexity index is 1170. The average molecular weight is 484 g/mol. The molecule has 2 aliphatic rings. The van der Waals surface area contributed by atoms with Crippen molar-refractivity contribution in [2.24, 2.45) is 0 Å². The smallest absolute Gasteiger partial charge is 0.259 e. The zero-order valence-corrected chi connectivity index (χ0v) is 19.8. The lowest BCUT2D eigenvalue weighted by molar-refractivity contribution is -0.124. The molecule has 0 radical (unpaired) electrons.